The molecule has 0 aliphatic carbocycles. The van der Waals surface area contributed by atoms with Gasteiger partial charge in [-0.15, -0.1) is 6.58 Å². The van der Waals surface area contributed by atoms with Gasteiger partial charge in [0, 0.05) is 19.6 Å². The fourth-order valence-electron chi connectivity index (χ4n) is 1.70. The van der Waals surface area contributed by atoms with Crippen molar-refractivity contribution in [2.45, 2.75) is 6.42 Å². The summed E-state index contributed by atoms with van der Waals surface area (Å²) in [6.07, 6.45) is 1.73. The third-order valence-electron chi connectivity index (χ3n) is 2.68. The molecule has 0 aliphatic rings. The molecule has 20 heavy (non-hydrogen) atoms. The topological polar surface area (TPSA) is 52.6 Å². The third kappa shape index (κ3) is 4.97. The molecule has 1 aromatic rings. The summed E-state index contributed by atoms with van der Waals surface area (Å²) in [5, 5.41) is 11.4. The van der Waals surface area contributed by atoms with Crippen molar-refractivity contribution < 1.29 is 18.7 Å². The zero-order valence-electron chi connectivity index (χ0n) is 11.1. The largest absolute Gasteiger partial charge is 0.395 e. The number of rotatable bonds is 7. The van der Waals surface area contributed by atoms with Crippen molar-refractivity contribution in [3.8, 4) is 0 Å². The van der Waals surface area contributed by atoms with E-state index in [-0.39, 0.29) is 37.7 Å². The number of aliphatic hydroxyl groups excluding tert-OH is 1. The summed E-state index contributed by atoms with van der Waals surface area (Å²) in [7, 11) is 0. The summed E-state index contributed by atoms with van der Waals surface area (Å²) in [5.74, 6) is -1.01. The van der Waals surface area contributed by atoms with Crippen molar-refractivity contribution >= 4 is 6.03 Å². The average molecular weight is 284 g/mol. The molecule has 0 unspecified atom stereocenters. The van der Waals surface area contributed by atoms with Crippen molar-refractivity contribution in [2.75, 3.05) is 26.2 Å². The highest BCUT2D eigenvalue weighted by atomic mass is 19.1. The average Bonchev–Trinajstić information content (AvgIpc) is 2.42. The molecule has 0 heterocycles. The maximum Gasteiger partial charge on any atom is 0.317 e. The van der Waals surface area contributed by atoms with Crippen molar-refractivity contribution in [3.05, 3.63) is 48.1 Å². The Labute approximate surface area is 116 Å². The highest BCUT2D eigenvalue weighted by Crippen LogP contribution is 2.09. The minimum absolute atomic E-state index is 0.153. The van der Waals surface area contributed by atoms with E-state index in [9.17, 15) is 13.6 Å². The van der Waals surface area contributed by atoms with Crippen LogP contribution in [0.2, 0.25) is 0 Å². The van der Waals surface area contributed by atoms with Gasteiger partial charge in [0.25, 0.3) is 0 Å². The number of hydrogen-bond acceptors (Lipinski definition) is 2. The van der Waals surface area contributed by atoms with Gasteiger partial charge in [-0.05, 0) is 30.2 Å². The number of hydrogen-bond donors (Lipinski definition) is 2. The Morgan fingerprint density at radius 2 is 2.20 bits per heavy atom. The summed E-state index contributed by atoms with van der Waals surface area (Å²) in [6, 6.07) is 2.83. The van der Waals surface area contributed by atoms with Crippen molar-refractivity contribution in [3.63, 3.8) is 0 Å². The van der Waals surface area contributed by atoms with Crippen LogP contribution in [-0.4, -0.2) is 42.3 Å². The summed E-state index contributed by atoms with van der Waals surface area (Å²) >= 11 is 0. The molecule has 2 N–H and O–H groups in total. The quantitative estimate of drug-likeness (QED) is 0.749. The molecule has 1 aromatic carbocycles. The van der Waals surface area contributed by atoms with E-state index >= 15 is 0 Å². The fraction of sp³-hybridized carbons (Fsp3) is 0.357. The molecular weight excluding hydrogens is 266 g/mol. The number of nitrogens with one attached hydrogen (secondary N) is 1. The highest BCUT2D eigenvalue weighted by Gasteiger charge is 2.11. The zero-order valence-corrected chi connectivity index (χ0v) is 11.1. The molecule has 0 saturated heterocycles. The first-order valence-corrected chi connectivity index (χ1v) is 6.27. The minimum atomic E-state index is -0.513. The molecule has 2 amide bonds. The van der Waals surface area contributed by atoms with Crippen LogP contribution < -0.4 is 5.32 Å². The van der Waals surface area contributed by atoms with E-state index in [0.29, 0.717) is 6.54 Å². The number of carbonyl (C=O) groups excluding carboxylic acids is 1. The van der Waals surface area contributed by atoms with Crippen LogP contribution in [0.3, 0.4) is 0 Å². The number of benzene rings is 1. The normalized spacial score (nSPS) is 10.2. The maximum absolute atomic E-state index is 13.4. The lowest BCUT2D eigenvalue weighted by atomic mass is 10.1. The number of amides is 2. The lowest BCUT2D eigenvalue weighted by Crippen LogP contribution is -2.42. The molecule has 1 rings (SSSR count). The van der Waals surface area contributed by atoms with Crippen LogP contribution in [0.15, 0.2) is 30.9 Å². The van der Waals surface area contributed by atoms with Crippen LogP contribution >= 0.6 is 0 Å². The smallest absolute Gasteiger partial charge is 0.317 e. The van der Waals surface area contributed by atoms with E-state index < -0.39 is 11.6 Å². The molecule has 0 bridgehead atoms. The van der Waals surface area contributed by atoms with Gasteiger partial charge in [0.1, 0.15) is 11.6 Å². The zero-order chi connectivity index (χ0) is 15.0. The Morgan fingerprint density at radius 3 is 2.85 bits per heavy atom. The van der Waals surface area contributed by atoms with Crippen LogP contribution in [0.4, 0.5) is 13.6 Å². The van der Waals surface area contributed by atoms with Gasteiger partial charge in [-0.25, -0.2) is 13.6 Å². The van der Waals surface area contributed by atoms with Crippen molar-refractivity contribution in [2.24, 2.45) is 0 Å². The van der Waals surface area contributed by atoms with Gasteiger partial charge in [-0.1, -0.05) is 6.08 Å². The molecule has 0 atom stereocenters. The molecule has 4 nitrogen and oxygen atoms in total. The van der Waals surface area contributed by atoms with E-state index in [4.69, 9.17) is 5.11 Å². The number of nitrogens with zero attached hydrogens (tertiary/aromatic N) is 1. The van der Waals surface area contributed by atoms with Gasteiger partial charge in [0.2, 0.25) is 0 Å². The molecule has 0 aliphatic heterocycles. The summed E-state index contributed by atoms with van der Waals surface area (Å²) in [6.45, 7) is 4.04. The third-order valence-corrected chi connectivity index (χ3v) is 2.68. The first-order valence-electron chi connectivity index (χ1n) is 6.27. The molecule has 6 heteroatoms. The molecule has 0 spiro atoms. The predicted molar refractivity (Wildman–Crippen MR) is 72.3 cm³/mol. The van der Waals surface area contributed by atoms with Crippen molar-refractivity contribution in [1.82, 2.24) is 10.2 Å². The van der Waals surface area contributed by atoms with E-state index in [1.807, 2.05) is 0 Å². The van der Waals surface area contributed by atoms with Gasteiger partial charge in [-0.2, -0.15) is 0 Å². The summed E-state index contributed by atoms with van der Waals surface area (Å²) in [5.41, 5.74) is 0.211. The molecule has 110 valence electrons. The van der Waals surface area contributed by atoms with Gasteiger partial charge in [-0.3, -0.25) is 0 Å². The fourth-order valence-corrected chi connectivity index (χ4v) is 1.70. The van der Waals surface area contributed by atoms with Gasteiger partial charge < -0.3 is 15.3 Å². The molecular formula is C14H18F2N2O2. The Bertz CT molecular complexity index is 466. The second-order valence-electron chi connectivity index (χ2n) is 4.18. The van der Waals surface area contributed by atoms with Crippen LogP contribution in [-0.2, 0) is 6.42 Å². The molecule has 0 saturated carbocycles. The molecule has 0 fully saturated rings. The second-order valence-corrected chi connectivity index (χ2v) is 4.18. The first kappa shape index (κ1) is 16.1. The lowest BCUT2D eigenvalue weighted by Gasteiger charge is -2.20. The number of urea groups is 1. The minimum Gasteiger partial charge on any atom is -0.395 e. The predicted octanol–water partition coefficient (Wildman–Crippen LogP) is 1.70. The van der Waals surface area contributed by atoms with Gasteiger partial charge in [0.05, 0.1) is 6.61 Å². The Hall–Kier alpha value is -1.95. The van der Waals surface area contributed by atoms with Crippen LogP contribution in [0.1, 0.15) is 5.56 Å². The maximum atomic E-state index is 13.4. The Kier molecular flexibility index (Phi) is 6.66. The lowest BCUT2D eigenvalue weighted by molar-refractivity contribution is 0.184. The highest BCUT2D eigenvalue weighted by molar-refractivity contribution is 5.74. The molecule has 0 aromatic heterocycles. The van der Waals surface area contributed by atoms with Crippen LogP contribution in [0.5, 0.6) is 0 Å². The van der Waals surface area contributed by atoms with E-state index in [1.165, 1.54) is 4.90 Å². The van der Waals surface area contributed by atoms with E-state index in [1.54, 1.807) is 6.08 Å². The van der Waals surface area contributed by atoms with Crippen LogP contribution in [0, 0.1) is 11.6 Å². The Balaban J connectivity index is 2.48. The molecule has 0 radical (unpaired) electrons. The second kappa shape index (κ2) is 8.27. The summed E-state index contributed by atoms with van der Waals surface area (Å²) < 4.78 is 26.3. The first-order chi connectivity index (χ1) is 9.58. The van der Waals surface area contributed by atoms with Crippen molar-refractivity contribution in [1.29, 1.82) is 0 Å². The van der Waals surface area contributed by atoms with E-state index in [2.05, 4.69) is 11.9 Å². The van der Waals surface area contributed by atoms with E-state index in [0.717, 1.165) is 18.2 Å². The van der Waals surface area contributed by atoms with Gasteiger partial charge >= 0.3 is 6.03 Å². The SMILES string of the molecule is C=CCN(CCO)C(=O)NCCc1cc(F)ccc1F. The standard InChI is InChI=1S/C14H18F2N2O2/c1-2-7-18(8-9-19)14(20)17-6-5-11-10-12(15)3-4-13(11)16/h2-4,10,19H,1,5-9H2,(H,17,20). The van der Waals surface area contributed by atoms with Gasteiger partial charge in [0.15, 0.2) is 0 Å². The summed E-state index contributed by atoms with van der Waals surface area (Å²) in [4.78, 5) is 13.1. The van der Waals surface area contributed by atoms with Crippen LogP contribution in [0.25, 0.3) is 0 Å². The Morgan fingerprint density at radius 1 is 1.45 bits per heavy atom. The monoisotopic (exact) mass is 284 g/mol. The number of aliphatic hydroxyl groups is 1. The number of carbonyl (C=O) groups is 1. The number of halogens is 2.